The van der Waals surface area contributed by atoms with E-state index in [1.54, 1.807) is 46.7 Å². The average molecular weight is 1510 g/mol. The number of carbonyl (C=O) groups excluding carboxylic acids is 3. The second kappa shape index (κ2) is 35.0. The van der Waals surface area contributed by atoms with Crippen LogP contribution in [0.3, 0.4) is 0 Å². The van der Waals surface area contributed by atoms with Crippen molar-refractivity contribution in [1.82, 2.24) is 49.9 Å². The third-order valence-electron chi connectivity index (χ3n) is 22.3. The molecule has 1 aliphatic carbocycles. The molecular weight excluding hydrogens is 1400 g/mol. The number of likely N-dealkylation sites (tertiary alicyclic amines) is 3. The van der Waals surface area contributed by atoms with Crippen LogP contribution in [0.4, 0.5) is 17.1 Å². The number of amides is 3. The summed E-state index contributed by atoms with van der Waals surface area (Å²) >= 11 is 7.89. The second-order valence-corrected chi connectivity index (χ2v) is 34.6. The molecule has 12 rings (SSSR count). The Morgan fingerprint density at radius 3 is 2.26 bits per heavy atom. The van der Waals surface area contributed by atoms with Gasteiger partial charge < -0.3 is 50.4 Å². The molecule has 4 saturated heterocycles. The fraction of sp³-hybridized carbons (Fsp3) is 0.519. The fourth-order valence-corrected chi connectivity index (χ4v) is 17.9. The van der Waals surface area contributed by atoms with Gasteiger partial charge in [-0.05, 0) is 192 Å². The monoisotopic (exact) mass is 1500 g/mol. The number of nitrogens with zero attached hydrogens (tertiary/aromatic N) is 8. The minimum atomic E-state index is -4.62. The van der Waals surface area contributed by atoms with Gasteiger partial charge in [-0.15, -0.1) is 11.3 Å². The zero-order valence-corrected chi connectivity index (χ0v) is 64.7. The fourth-order valence-electron chi connectivity index (χ4n) is 16.0. The average Bonchev–Trinajstić information content (AvgIpc) is 1.16. The van der Waals surface area contributed by atoms with E-state index in [0.717, 1.165) is 160 Å². The van der Waals surface area contributed by atoms with Crippen LogP contribution < -0.4 is 30.3 Å². The predicted molar refractivity (Wildman–Crippen MR) is 421 cm³/mol. The number of hydrogen-bond acceptors (Lipinski definition) is 18. The van der Waals surface area contributed by atoms with Crippen LogP contribution in [0.25, 0.3) is 27.0 Å². The Kier molecular flexibility index (Phi) is 25.7. The first-order valence-corrected chi connectivity index (χ1v) is 40.9. The molecule has 0 spiro atoms. The molecular formula is C81H106ClN13O9S2. The lowest BCUT2D eigenvalue weighted by Gasteiger charge is -2.42. The number of aromatic amines is 1. The molecule has 3 aromatic heterocycles. The number of halogens is 1. The molecule has 6 N–H and O–H groups in total. The number of piperazine rings is 1. The number of β-amino-alcohol motifs (C(OH)–C–C–N with tert-alkyl or cyclic N) is 1. The second-order valence-electron chi connectivity index (χ2n) is 31.7. The van der Waals surface area contributed by atoms with Crippen molar-refractivity contribution < 1.29 is 37.6 Å². The Balaban J connectivity index is 0.547. The minimum absolute atomic E-state index is 0.0397. The van der Waals surface area contributed by atoms with Gasteiger partial charge in [0.25, 0.3) is 21.6 Å². The van der Waals surface area contributed by atoms with Crippen LogP contribution in [0.1, 0.15) is 158 Å². The number of piperidine rings is 2. The van der Waals surface area contributed by atoms with Crippen molar-refractivity contribution in [2.45, 2.75) is 174 Å². The number of sulfonamides is 1. The first-order valence-electron chi connectivity index (χ1n) is 38.1. The highest BCUT2D eigenvalue weighted by Crippen LogP contribution is 2.44. The number of rotatable bonds is 30. The molecule has 7 heterocycles. The Morgan fingerprint density at radius 2 is 1.56 bits per heavy atom. The zero-order chi connectivity index (χ0) is 74.7. The molecule has 106 heavy (non-hydrogen) atoms. The van der Waals surface area contributed by atoms with Gasteiger partial charge in [-0.25, -0.2) is 23.1 Å². The molecule has 25 heteroatoms. The lowest BCUT2D eigenvalue weighted by molar-refractivity contribution is -0.384. The van der Waals surface area contributed by atoms with Crippen LogP contribution in [-0.2, 0) is 26.2 Å². The van der Waals surface area contributed by atoms with E-state index in [9.17, 15) is 38.0 Å². The van der Waals surface area contributed by atoms with Crippen molar-refractivity contribution in [3.05, 3.63) is 158 Å². The molecule has 3 amide bonds. The van der Waals surface area contributed by atoms with Crippen LogP contribution in [0.2, 0.25) is 5.02 Å². The van der Waals surface area contributed by atoms with Gasteiger partial charge in [0, 0.05) is 99.2 Å². The molecule has 0 unspecified atom stereocenters. The maximum absolute atomic E-state index is 14.3. The number of allylic oxidation sites excluding steroid dienone is 1. The number of fused-ring (bicyclic) bond motifs is 1. The summed E-state index contributed by atoms with van der Waals surface area (Å²) in [5.74, 6) is -0.600. The van der Waals surface area contributed by atoms with Crippen molar-refractivity contribution in [2.75, 3.05) is 95.3 Å². The number of aliphatic hydroxyl groups is 1. The molecule has 568 valence electrons. The Morgan fingerprint density at radius 1 is 0.840 bits per heavy atom. The number of thiazole rings is 1. The van der Waals surface area contributed by atoms with E-state index in [1.165, 1.54) is 60.7 Å². The van der Waals surface area contributed by atoms with Crippen LogP contribution in [0.15, 0.2) is 125 Å². The number of aliphatic hydroxyl groups excluding tert-OH is 1. The molecule has 3 atom stereocenters. The highest BCUT2D eigenvalue weighted by atomic mass is 35.5. The number of unbranched alkanes of at least 4 members (excludes halogenated alkanes) is 6. The third kappa shape index (κ3) is 20.1. The summed E-state index contributed by atoms with van der Waals surface area (Å²) in [5, 5.41) is 34.7. The number of pyridine rings is 1. The number of ether oxygens (including phenoxy) is 1. The molecule has 0 bridgehead atoms. The predicted octanol–water partition coefficient (Wildman–Crippen LogP) is 13.9. The van der Waals surface area contributed by atoms with Crippen molar-refractivity contribution >= 4 is 84.4 Å². The zero-order valence-electron chi connectivity index (χ0n) is 62.3. The molecule has 7 aromatic rings. The molecule has 4 aromatic carbocycles. The molecule has 0 radical (unpaired) electrons. The number of nitro groups is 1. The number of aromatic nitrogens is 3. The summed E-state index contributed by atoms with van der Waals surface area (Å²) in [4.78, 5) is 78.1. The number of nitro benzene ring substituents is 1. The molecule has 4 aliphatic heterocycles. The van der Waals surface area contributed by atoms with Crippen molar-refractivity contribution in [3.8, 4) is 21.9 Å². The van der Waals surface area contributed by atoms with Gasteiger partial charge in [0.05, 0.1) is 49.8 Å². The summed E-state index contributed by atoms with van der Waals surface area (Å²) in [6, 6.07) is 28.0. The van der Waals surface area contributed by atoms with Crippen molar-refractivity contribution in [3.63, 3.8) is 0 Å². The normalized spacial score (nSPS) is 19.2. The van der Waals surface area contributed by atoms with Gasteiger partial charge in [0.2, 0.25) is 11.8 Å². The molecule has 4 fully saturated rings. The van der Waals surface area contributed by atoms with Crippen molar-refractivity contribution in [1.29, 1.82) is 0 Å². The van der Waals surface area contributed by atoms with E-state index in [4.69, 9.17) is 16.3 Å². The van der Waals surface area contributed by atoms with E-state index in [1.807, 2.05) is 75.7 Å². The summed E-state index contributed by atoms with van der Waals surface area (Å²) in [6.07, 6.45) is 18.0. The Hall–Kier alpha value is -7.81. The maximum Gasteiger partial charge on any atom is 0.293 e. The summed E-state index contributed by atoms with van der Waals surface area (Å²) in [6.45, 7) is 23.6. The van der Waals surface area contributed by atoms with Crippen LogP contribution in [0.5, 0.6) is 11.5 Å². The lowest BCUT2D eigenvalue weighted by atomic mass is 9.72. The third-order valence-corrected chi connectivity index (χ3v) is 24.8. The number of hydrogen-bond donors (Lipinski definition) is 6. The molecule has 0 saturated carbocycles. The van der Waals surface area contributed by atoms with Crippen LogP contribution in [-0.4, -0.2) is 180 Å². The lowest BCUT2D eigenvalue weighted by Crippen LogP contribution is -2.56. The topological polar surface area (TPSA) is 264 Å². The summed E-state index contributed by atoms with van der Waals surface area (Å²) in [5.41, 5.74) is 10.0. The number of carbonyl (C=O) groups is 3. The van der Waals surface area contributed by atoms with Crippen molar-refractivity contribution in [2.24, 2.45) is 16.7 Å². The van der Waals surface area contributed by atoms with Crippen LogP contribution >= 0.6 is 22.9 Å². The highest BCUT2D eigenvalue weighted by molar-refractivity contribution is 7.90. The Labute approximate surface area is 633 Å². The standard InChI is InChI=1S/C81H106ClN13O9S2/c1-55-74(105-54-88-55)59-16-14-56(15-17-59)50-87-78(98)72-46-65(96)53-94(72)79(99)75(80(2,3)4)83-33-12-10-8-7-9-11-13-35-90-36-30-63(31-37-90)92-38-28-57(29-39-92)49-85-70-25-23-67(47-71(70)95(100)101)106(102,103)89-77(97)68-24-22-64(45-73(68)104-66-44-60-27-34-84-76(60)86-51-66)93-42-40-91(41-43-93)52-61-26-32-81(5,6)48-69(61)58-18-20-62(82)21-19-58/h14-25,27,34,44-45,47,51,54,57,63,65,72,75,83,85,96H,7-13,26,28-33,35-43,46,48-50,52-53H2,1-6H3,(H,84,86)(H,87,98)(H,89,97)/t65-,72+,75-/m1/s1. The van der Waals surface area contributed by atoms with Gasteiger partial charge in [0.1, 0.15) is 28.9 Å². The van der Waals surface area contributed by atoms with Gasteiger partial charge in [0.15, 0.2) is 0 Å². The maximum atomic E-state index is 14.3. The number of aryl methyl sites for hydroxylation is 1. The quantitative estimate of drug-likeness (QED) is 0.0139. The number of benzene rings is 4. The smallest absolute Gasteiger partial charge is 0.293 e. The van der Waals surface area contributed by atoms with E-state index in [0.29, 0.717) is 50.2 Å². The van der Waals surface area contributed by atoms with Gasteiger partial charge in [-0.1, -0.05) is 120 Å². The van der Waals surface area contributed by atoms with E-state index in [2.05, 4.69) is 81.2 Å². The van der Waals surface area contributed by atoms with Crippen LogP contribution in [0, 0.1) is 33.8 Å². The Bertz CT molecular complexity index is 4330. The van der Waals surface area contributed by atoms with E-state index < -0.39 is 55.0 Å². The van der Waals surface area contributed by atoms with Gasteiger partial charge in [-0.3, -0.25) is 29.4 Å². The van der Waals surface area contributed by atoms with E-state index in [-0.39, 0.29) is 53.1 Å². The van der Waals surface area contributed by atoms with Gasteiger partial charge in [-0.2, -0.15) is 0 Å². The number of anilines is 2. The minimum Gasteiger partial charge on any atom is -0.455 e. The molecule has 5 aliphatic rings. The first kappa shape index (κ1) is 77.8. The highest BCUT2D eigenvalue weighted by Gasteiger charge is 2.44. The SMILES string of the molecule is Cc1ncsc1-c1ccc(CNC(=O)[C@@H]2C[C@@H](O)CN2C(=O)[C@@H](NCCCCCCCCCN2CCC(N3CCC(CNc4ccc(S(=O)(=O)NC(=O)c5ccc(N6CCN(CC7=C(c8ccc(Cl)cc8)CC(C)(C)CC7)CC6)cc5Oc5cnc6[nH]ccc6c5)cc4[N+](=O)[O-])CC3)CC2)C(C)(C)C)cc1. The summed E-state index contributed by atoms with van der Waals surface area (Å²) in [7, 11) is -4.62. The van der Waals surface area contributed by atoms with Gasteiger partial charge >= 0.3 is 0 Å². The largest absolute Gasteiger partial charge is 0.455 e. The number of H-pyrrole nitrogens is 1. The summed E-state index contributed by atoms with van der Waals surface area (Å²) < 4.78 is 36.8. The molecule has 22 nitrogen and oxygen atoms in total. The van der Waals surface area contributed by atoms with E-state index >= 15 is 0 Å². The first-order chi connectivity index (χ1) is 50.9. The number of nitrogens with one attached hydrogen (secondary N) is 5.